The lowest BCUT2D eigenvalue weighted by atomic mass is 9.98. The molecule has 2 heterocycles. The normalized spacial score (nSPS) is 16.0. The smallest absolute Gasteiger partial charge is 0.229 e. The quantitative estimate of drug-likeness (QED) is 0.578. The Morgan fingerprint density at radius 2 is 1.73 bits per heavy atom. The van der Waals surface area contributed by atoms with Crippen LogP contribution in [-0.2, 0) is 0 Å². The van der Waals surface area contributed by atoms with Crippen molar-refractivity contribution in [2.45, 2.75) is 6.04 Å². The SMILES string of the molecule is Fc1ccc(C2C=C(c3cccc4ccccc34)Nc3nncn32)cc1. The van der Waals surface area contributed by atoms with Crippen molar-refractivity contribution >= 4 is 22.4 Å². The second kappa shape index (κ2) is 5.81. The molecule has 3 aromatic carbocycles. The van der Waals surface area contributed by atoms with Gasteiger partial charge in [-0.3, -0.25) is 4.57 Å². The van der Waals surface area contributed by atoms with Crippen molar-refractivity contribution in [2.24, 2.45) is 0 Å². The van der Waals surface area contributed by atoms with Crippen molar-refractivity contribution < 1.29 is 4.39 Å². The minimum absolute atomic E-state index is 0.101. The molecule has 26 heavy (non-hydrogen) atoms. The van der Waals surface area contributed by atoms with Gasteiger partial charge in [0.1, 0.15) is 12.1 Å². The lowest BCUT2D eigenvalue weighted by Gasteiger charge is -2.25. The van der Waals surface area contributed by atoms with E-state index in [0.29, 0.717) is 5.95 Å². The number of allylic oxidation sites excluding steroid dienone is 1. The number of nitrogens with zero attached hydrogens (tertiary/aromatic N) is 3. The summed E-state index contributed by atoms with van der Waals surface area (Å²) in [6.45, 7) is 0. The third-order valence-electron chi connectivity index (χ3n) is 4.74. The van der Waals surface area contributed by atoms with E-state index in [-0.39, 0.29) is 11.9 Å². The Kier molecular flexibility index (Phi) is 3.31. The number of fused-ring (bicyclic) bond motifs is 2. The van der Waals surface area contributed by atoms with Crippen molar-refractivity contribution in [3.8, 4) is 0 Å². The topological polar surface area (TPSA) is 42.7 Å². The molecule has 1 aliphatic rings. The molecular weight excluding hydrogens is 327 g/mol. The monoisotopic (exact) mass is 342 g/mol. The summed E-state index contributed by atoms with van der Waals surface area (Å²) in [5.74, 6) is 0.426. The number of aromatic nitrogens is 3. The first-order valence-electron chi connectivity index (χ1n) is 8.41. The first kappa shape index (κ1) is 14.8. The third-order valence-corrected chi connectivity index (χ3v) is 4.74. The maximum atomic E-state index is 13.3. The van der Waals surface area contributed by atoms with Crippen LogP contribution < -0.4 is 5.32 Å². The van der Waals surface area contributed by atoms with E-state index >= 15 is 0 Å². The molecule has 0 aliphatic carbocycles. The zero-order valence-electron chi connectivity index (χ0n) is 13.8. The summed E-state index contributed by atoms with van der Waals surface area (Å²) in [5.41, 5.74) is 3.05. The molecule has 0 saturated heterocycles. The van der Waals surface area contributed by atoms with Crippen molar-refractivity contribution in [1.29, 1.82) is 0 Å². The van der Waals surface area contributed by atoms with E-state index in [1.54, 1.807) is 18.5 Å². The molecule has 1 aliphatic heterocycles. The van der Waals surface area contributed by atoms with Crippen LogP contribution in [0.15, 0.2) is 79.1 Å². The van der Waals surface area contributed by atoms with Crippen molar-refractivity contribution in [2.75, 3.05) is 5.32 Å². The molecule has 1 unspecified atom stereocenters. The fourth-order valence-electron chi connectivity index (χ4n) is 3.47. The number of rotatable bonds is 2. The lowest BCUT2D eigenvalue weighted by molar-refractivity contribution is 0.624. The van der Waals surface area contributed by atoms with Gasteiger partial charge in [0.15, 0.2) is 0 Å². The Bertz CT molecular complexity index is 1120. The first-order chi connectivity index (χ1) is 12.8. The van der Waals surface area contributed by atoms with Crippen molar-refractivity contribution in [3.05, 3.63) is 96.1 Å². The molecule has 5 rings (SSSR count). The molecule has 1 N–H and O–H groups in total. The van der Waals surface area contributed by atoms with Gasteiger partial charge < -0.3 is 5.32 Å². The highest BCUT2D eigenvalue weighted by Gasteiger charge is 2.23. The van der Waals surface area contributed by atoms with Gasteiger partial charge in [0.25, 0.3) is 0 Å². The van der Waals surface area contributed by atoms with E-state index in [2.05, 4.69) is 45.9 Å². The van der Waals surface area contributed by atoms with Crippen molar-refractivity contribution in [3.63, 3.8) is 0 Å². The Labute approximate surface area is 149 Å². The molecule has 0 fully saturated rings. The molecule has 4 aromatic rings. The molecule has 0 bridgehead atoms. The van der Waals surface area contributed by atoms with Crippen LogP contribution in [0, 0.1) is 5.82 Å². The fourth-order valence-corrected chi connectivity index (χ4v) is 3.47. The molecule has 126 valence electrons. The van der Waals surface area contributed by atoms with Crippen LogP contribution in [0.2, 0.25) is 0 Å². The highest BCUT2D eigenvalue weighted by atomic mass is 19.1. The largest absolute Gasteiger partial charge is 0.324 e. The fraction of sp³-hybridized carbons (Fsp3) is 0.0476. The Morgan fingerprint density at radius 3 is 2.62 bits per heavy atom. The molecule has 0 saturated carbocycles. The molecule has 4 nitrogen and oxygen atoms in total. The second-order valence-electron chi connectivity index (χ2n) is 6.29. The highest BCUT2D eigenvalue weighted by molar-refractivity contribution is 5.96. The molecule has 0 amide bonds. The van der Waals surface area contributed by atoms with Gasteiger partial charge in [-0.15, -0.1) is 10.2 Å². The van der Waals surface area contributed by atoms with Gasteiger partial charge in [0.05, 0.1) is 6.04 Å². The standard InChI is InChI=1S/C21H15FN4/c22-16-10-8-15(9-11-16)20-12-19(24-21-25-23-13-26(20)21)18-7-3-5-14-4-1-2-6-17(14)18/h1-13,20H,(H,24,25). The zero-order chi connectivity index (χ0) is 17.5. The van der Waals surface area contributed by atoms with Crippen LogP contribution in [0.3, 0.4) is 0 Å². The number of hydrogen-bond acceptors (Lipinski definition) is 3. The molecule has 0 spiro atoms. The van der Waals surface area contributed by atoms with Gasteiger partial charge in [-0.1, -0.05) is 54.6 Å². The number of nitrogens with one attached hydrogen (secondary N) is 1. The molecule has 5 heteroatoms. The summed E-state index contributed by atoms with van der Waals surface area (Å²) in [7, 11) is 0. The van der Waals surface area contributed by atoms with Gasteiger partial charge in [-0.2, -0.15) is 0 Å². The molecule has 1 aromatic heterocycles. The van der Waals surface area contributed by atoms with E-state index in [1.165, 1.54) is 22.9 Å². The van der Waals surface area contributed by atoms with Crippen molar-refractivity contribution in [1.82, 2.24) is 14.8 Å². The average Bonchev–Trinajstić information content (AvgIpc) is 3.16. The lowest BCUT2D eigenvalue weighted by Crippen LogP contribution is -2.18. The summed E-state index contributed by atoms with van der Waals surface area (Å²) in [4.78, 5) is 0. The Morgan fingerprint density at radius 1 is 0.923 bits per heavy atom. The molecule has 0 radical (unpaired) electrons. The first-order valence-corrected chi connectivity index (χ1v) is 8.41. The second-order valence-corrected chi connectivity index (χ2v) is 6.29. The summed E-state index contributed by atoms with van der Waals surface area (Å²) < 4.78 is 15.3. The van der Waals surface area contributed by atoms with E-state index < -0.39 is 0 Å². The maximum absolute atomic E-state index is 13.3. The van der Waals surface area contributed by atoms with Gasteiger partial charge in [-0.05, 0) is 34.5 Å². The Balaban J connectivity index is 1.68. The minimum Gasteiger partial charge on any atom is -0.324 e. The number of benzene rings is 3. The van der Waals surface area contributed by atoms with Crippen LogP contribution >= 0.6 is 0 Å². The van der Waals surface area contributed by atoms with Crippen LogP contribution in [0.1, 0.15) is 17.2 Å². The molecule has 1 atom stereocenters. The number of hydrogen-bond donors (Lipinski definition) is 1. The summed E-state index contributed by atoms with van der Waals surface area (Å²) in [6.07, 6.45) is 3.82. The average molecular weight is 342 g/mol. The predicted octanol–water partition coefficient (Wildman–Crippen LogP) is 4.63. The van der Waals surface area contributed by atoms with Crippen LogP contribution in [0.25, 0.3) is 16.5 Å². The van der Waals surface area contributed by atoms with E-state index in [4.69, 9.17) is 0 Å². The predicted molar refractivity (Wildman–Crippen MR) is 100 cm³/mol. The van der Waals surface area contributed by atoms with Gasteiger partial charge in [-0.25, -0.2) is 4.39 Å². The van der Waals surface area contributed by atoms with E-state index in [0.717, 1.165) is 16.8 Å². The van der Waals surface area contributed by atoms with Crippen LogP contribution in [0.5, 0.6) is 0 Å². The molecular formula is C21H15FN4. The van der Waals surface area contributed by atoms with Gasteiger partial charge in [0, 0.05) is 11.3 Å². The number of anilines is 1. The maximum Gasteiger partial charge on any atom is 0.229 e. The minimum atomic E-state index is -0.245. The van der Waals surface area contributed by atoms with Gasteiger partial charge >= 0.3 is 0 Å². The summed E-state index contributed by atoms with van der Waals surface area (Å²) in [6, 6.07) is 21.0. The van der Waals surface area contributed by atoms with Crippen LogP contribution in [-0.4, -0.2) is 14.8 Å². The highest BCUT2D eigenvalue weighted by Crippen LogP contribution is 2.34. The van der Waals surface area contributed by atoms with E-state index in [1.807, 2.05) is 22.8 Å². The van der Waals surface area contributed by atoms with E-state index in [9.17, 15) is 4.39 Å². The number of halogens is 1. The summed E-state index contributed by atoms with van der Waals surface area (Å²) in [5, 5.41) is 13.9. The Hall–Kier alpha value is -3.47. The van der Waals surface area contributed by atoms with Gasteiger partial charge in [0.2, 0.25) is 5.95 Å². The summed E-state index contributed by atoms with van der Waals surface area (Å²) >= 11 is 0. The zero-order valence-corrected chi connectivity index (χ0v) is 13.8. The van der Waals surface area contributed by atoms with Crippen LogP contribution in [0.4, 0.5) is 10.3 Å². The third kappa shape index (κ3) is 2.37.